The number of pyridine rings is 1. The van der Waals surface area contributed by atoms with Gasteiger partial charge in [0, 0.05) is 24.2 Å². The Morgan fingerprint density at radius 2 is 2.28 bits per heavy atom. The van der Waals surface area contributed by atoms with E-state index in [0.717, 1.165) is 47.4 Å². The number of nitrogens with two attached hydrogens (primary N) is 1. The topological polar surface area (TPSA) is 108 Å². The molecule has 0 unspecified atom stereocenters. The third-order valence-electron chi connectivity index (χ3n) is 5.11. The van der Waals surface area contributed by atoms with Crippen molar-refractivity contribution in [2.45, 2.75) is 49.5 Å². The number of amides is 1. The van der Waals surface area contributed by atoms with Crippen LogP contribution in [0.15, 0.2) is 23.5 Å². The van der Waals surface area contributed by atoms with Crippen molar-refractivity contribution in [3.8, 4) is 10.7 Å². The number of anilines is 1. The average Bonchev–Trinajstić information content (AvgIpc) is 3.12. The highest BCUT2D eigenvalue weighted by molar-refractivity contribution is 7.99. The summed E-state index contributed by atoms with van der Waals surface area (Å²) in [6.45, 7) is 1.43. The van der Waals surface area contributed by atoms with Gasteiger partial charge in [0.05, 0.1) is 29.0 Å². The lowest BCUT2D eigenvalue weighted by Gasteiger charge is -2.14. The molecular weight excluding hydrogens is 408 g/mol. The Hall–Kier alpha value is -2.17. The Morgan fingerprint density at radius 3 is 3.03 bits per heavy atom. The summed E-state index contributed by atoms with van der Waals surface area (Å²) in [4.78, 5) is 18.3. The zero-order valence-electron chi connectivity index (χ0n) is 15.8. The van der Waals surface area contributed by atoms with E-state index in [1.54, 1.807) is 6.20 Å². The van der Waals surface area contributed by atoms with Crippen LogP contribution in [0.1, 0.15) is 25.7 Å². The summed E-state index contributed by atoms with van der Waals surface area (Å²) in [6.07, 6.45) is 6.11. The molecule has 152 valence electrons. The fraction of sp³-hybridized carbons (Fsp3) is 0.474. The second-order valence-corrected chi connectivity index (χ2v) is 9.32. The summed E-state index contributed by atoms with van der Waals surface area (Å²) in [5.41, 5.74) is 7.10. The van der Waals surface area contributed by atoms with Gasteiger partial charge in [-0.2, -0.15) is 0 Å². The molecule has 1 aliphatic carbocycles. The molecule has 3 aromatic rings. The predicted molar refractivity (Wildman–Crippen MR) is 114 cm³/mol. The zero-order chi connectivity index (χ0) is 19.8. The molecule has 1 amide bonds. The number of carbonyl (C=O) groups is 1. The van der Waals surface area contributed by atoms with Crippen LogP contribution in [0.25, 0.3) is 20.9 Å². The predicted octanol–water partition coefficient (Wildman–Crippen LogP) is 2.69. The Morgan fingerprint density at radius 1 is 1.38 bits per heavy atom. The number of hydrogen-bond acceptors (Lipinski definition) is 8. The number of nitrogens with one attached hydrogen (secondary N) is 1. The second kappa shape index (κ2) is 7.92. The Kier molecular flexibility index (Phi) is 5.15. The fourth-order valence-electron chi connectivity index (χ4n) is 3.46. The van der Waals surface area contributed by atoms with Gasteiger partial charge >= 0.3 is 0 Å². The minimum atomic E-state index is 0.0382. The molecule has 29 heavy (non-hydrogen) atoms. The zero-order valence-corrected chi connectivity index (χ0v) is 17.5. The summed E-state index contributed by atoms with van der Waals surface area (Å²) in [5, 5.41) is 13.5. The Balaban J connectivity index is 1.45. The number of hydrogen-bond donors (Lipinski definition) is 2. The van der Waals surface area contributed by atoms with E-state index in [-0.39, 0.29) is 12.0 Å². The molecule has 1 aliphatic heterocycles. The number of nitrogens with zero attached hydrogens (tertiary/aromatic N) is 4. The number of aromatic nitrogens is 4. The first-order valence-electron chi connectivity index (χ1n) is 9.79. The van der Waals surface area contributed by atoms with Crippen molar-refractivity contribution in [1.82, 2.24) is 25.1 Å². The molecule has 10 heteroatoms. The Labute approximate surface area is 176 Å². The normalized spacial score (nSPS) is 19.1. The Bertz CT molecular complexity index is 1040. The molecule has 2 fully saturated rings. The maximum absolute atomic E-state index is 12.1. The first-order valence-corrected chi connectivity index (χ1v) is 11.6. The van der Waals surface area contributed by atoms with E-state index in [9.17, 15) is 4.79 Å². The fourth-order valence-corrected chi connectivity index (χ4v) is 5.28. The van der Waals surface area contributed by atoms with Crippen LogP contribution in [0.5, 0.6) is 0 Å². The van der Waals surface area contributed by atoms with Gasteiger partial charge in [-0.15, -0.1) is 21.5 Å². The van der Waals surface area contributed by atoms with Gasteiger partial charge in [0.25, 0.3) is 0 Å². The van der Waals surface area contributed by atoms with Crippen LogP contribution in [0.4, 0.5) is 5.69 Å². The molecule has 3 N–H and O–H groups in total. The largest absolute Gasteiger partial charge is 0.397 e. The maximum Gasteiger partial charge on any atom is 0.230 e. The number of thiophene rings is 1. The molecule has 3 aromatic heterocycles. The molecule has 1 atom stereocenters. The van der Waals surface area contributed by atoms with Crippen LogP contribution in [-0.2, 0) is 16.1 Å². The summed E-state index contributed by atoms with van der Waals surface area (Å²) in [7, 11) is 0. The number of rotatable bonds is 7. The first kappa shape index (κ1) is 18.8. The first-order chi connectivity index (χ1) is 14.2. The smallest absolute Gasteiger partial charge is 0.230 e. The lowest BCUT2D eigenvalue weighted by Crippen LogP contribution is -2.27. The highest BCUT2D eigenvalue weighted by Gasteiger charge is 2.26. The molecule has 0 spiro atoms. The molecule has 2 aliphatic rings. The van der Waals surface area contributed by atoms with Gasteiger partial charge in [-0.3, -0.25) is 9.36 Å². The minimum Gasteiger partial charge on any atom is -0.397 e. The van der Waals surface area contributed by atoms with E-state index < -0.39 is 0 Å². The number of fused-ring (bicyclic) bond motifs is 1. The number of ether oxygens (including phenoxy) is 1. The average molecular weight is 431 g/mol. The van der Waals surface area contributed by atoms with Gasteiger partial charge in [-0.1, -0.05) is 11.8 Å². The van der Waals surface area contributed by atoms with Crippen molar-refractivity contribution in [1.29, 1.82) is 0 Å². The van der Waals surface area contributed by atoms with Crippen LogP contribution in [0, 0.1) is 0 Å². The van der Waals surface area contributed by atoms with Crippen LogP contribution < -0.4 is 11.1 Å². The molecule has 0 radical (unpaired) electrons. The molecule has 4 heterocycles. The van der Waals surface area contributed by atoms with E-state index in [1.165, 1.54) is 23.1 Å². The van der Waals surface area contributed by atoms with E-state index in [4.69, 9.17) is 10.5 Å². The molecule has 8 nitrogen and oxygen atoms in total. The standard InChI is InChI=1S/C19H22N6O2S2/c20-15-13-4-1-7-21-18(13)29-16(15)17-23-24-19(25(17)9-12-3-2-8-27-12)28-10-14(26)22-11-5-6-11/h1,4,7,11-12H,2-3,5-6,8-10,20H2,(H,22,26)/t12-/m1/s1. The van der Waals surface area contributed by atoms with Crippen LogP contribution >= 0.6 is 23.1 Å². The summed E-state index contributed by atoms with van der Waals surface area (Å²) >= 11 is 2.92. The van der Waals surface area contributed by atoms with E-state index in [1.807, 2.05) is 16.7 Å². The highest BCUT2D eigenvalue weighted by Crippen LogP contribution is 2.40. The summed E-state index contributed by atoms with van der Waals surface area (Å²) in [5.74, 6) is 1.08. The third kappa shape index (κ3) is 3.96. The van der Waals surface area contributed by atoms with Gasteiger partial charge in [0.2, 0.25) is 5.91 Å². The molecule has 0 bridgehead atoms. The molecule has 1 saturated carbocycles. The van der Waals surface area contributed by atoms with Crippen LogP contribution in [-0.4, -0.2) is 50.2 Å². The number of carbonyl (C=O) groups excluding carboxylic acids is 1. The van der Waals surface area contributed by atoms with Crippen molar-refractivity contribution in [3.05, 3.63) is 18.3 Å². The monoisotopic (exact) mass is 430 g/mol. The summed E-state index contributed by atoms with van der Waals surface area (Å²) in [6, 6.07) is 4.21. The minimum absolute atomic E-state index is 0.0382. The van der Waals surface area contributed by atoms with Crippen molar-refractivity contribution in [2.75, 3.05) is 18.1 Å². The molecule has 5 rings (SSSR count). The van der Waals surface area contributed by atoms with Gasteiger partial charge in [0.15, 0.2) is 11.0 Å². The lowest BCUT2D eigenvalue weighted by molar-refractivity contribution is -0.118. The van der Waals surface area contributed by atoms with Crippen molar-refractivity contribution < 1.29 is 9.53 Å². The van der Waals surface area contributed by atoms with Gasteiger partial charge in [-0.25, -0.2) is 4.98 Å². The SMILES string of the molecule is Nc1c(-c2nnc(SCC(=O)NC3CC3)n2C[C@H]2CCCO2)sc2ncccc12. The molecular formula is C19H22N6O2S2. The van der Waals surface area contributed by atoms with Crippen LogP contribution in [0.2, 0.25) is 0 Å². The van der Waals surface area contributed by atoms with Crippen molar-refractivity contribution in [3.63, 3.8) is 0 Å². The molecule has 0 aromatic carbocycles. The quantitative estimate of drug-likeness (QED) is 0.555. The van der Waals surface area contributed by atoms with E-state index in [0.29, 0.717) is 35.0 Å². The van der Waals surface area contributed by atoms with Crippen molar-refractivity contribution >= 4 is 44.9 Å². The lowest BCUT2D eigenvalue weighted by atomic mass is 10.2. The number of thioether (sulfide) groups is 1. The third-order valence-corrected chi connectivity index (χ3v) is 7.20. The summed E-state index contributed by atoms with van der Waals surface area (Å²) < 4.78 is 7.89. The van der Waals surface area contributed by atoms with Gasteiger partial charge < -0.3 is 15.8 Å². The van der Waals surface area contributed by atoms with Crippen LogP contribution in [0.3, 0.4) is 0 Å². The highest BCUT2D eigenvalue weighted by atomic mass is 32.2. The van der Waals surface area contributed by atoms with Crippen molar-refractivity contribution in [2.24, 2.45) is 0 Å². The van der Waals surface area contributed by atoms with E-state index >= 15 is 0 Å². The number of nitrogen functional groups attached to an aromatic ring is 1. The second-order valence-electron chi connectivity index (χ2n) is 7.38. The van der Waals surface area contributed by atoms with Gasteiger partial charge in [-0.05, 0) is 37.8 Å². The maximum atomic E-state index is 12.1. The van der Waals surface area contributed by atoms with E-state index in [2.05, 4.69) is 20.5 Å². The molecule has 1 saturated heterocycles. The van der Waals surface area contributed by atoms with Gasteiger partial charge in [0.1, 0.15) is 4.83 Å².